The molecule has 0 aromatic heterocycles. The lowest BCUT2D eigenvalue weighted by Gasteiger charge is -2.26. The molecule has 0 radical (unpaired) electrons. The largest absolute Gasteiger partial charge is 0.573 e. The highest BCUT2D eigenvalue weighted by atomic mass is 19.4. The Labute approximate surface area is 110 Å². The molecule has 1 rings (SSSR count). The second-order valence-electron chi connectivity index (χ2n) is 4.80. The predicted octanol–water partition coefficient (Wildman–Crippen LogP) is 3.43. The van der Waals surface area contributed by atoms with Gasteiger partial charge in [0.2, 0.25) is 0 Å². The summed E-state index contributed by atoms with van der Waals surface area (Å²) in [5, 5.41) is 9.99. The van der Waals surface area contributed by atoms with Gasteiger partial charge in [0.1, 0.15) is 5.75 Å². The van der Waals surface area contributed by atoms with Crippen molar-refractivity contribution < 1.29 is 27.8 Å². The van der Waals surface area contributed by atoms with Crippen molar-refractivity contribution in [3.8, 4) is 5.75 Å². The molecule has 0 bridgehead atoms. The van der Waals surface area contributed by atoms with Crippen LogP contribution in [0, 0.1) is 0 Å². The quantitative estimate of drug-likeness (QED) is 0.896. The van der Waals surface area contributed by atoms with Crippen molar-refractivity contribution in [1.29, 1.82) is 0 Å². The molecule has 1 N–H and O–H groups in total. The molecule has 1 aromatic rings. The summed E-state index contributed by atoms with van der Waals surface area (Å²) in [5.41, 5.74) is -0.216. The van der Waals surface area contributed by atoms with E-state index in [1.807, 2.05) is 0 Å². The highest BCUT2D eigenvalue weighted by Gasteiger charge is 2.31. The Hall–Kier alpha value is -1.27. The van der Waals surface area contributed by atoms with E-state index in [0.29, 0.717) is 5.56 Å². The number of hydrogen-bond donors (Lipinski definition) is 1. The molecule has 0 fully saturated rings. The summed E-state index contributed by atoms with van der Waals surface area (Å²) in [6.45, 7) is 3.57. The number of halogens is 3. The molecule has 0 spiro atoms. The van der Waals surface area contributed by atoms with Gasteiger partial charge < -0.3 is 14.6 Å². The lowest BCUT2D eigenvalue weighted by Crippen LogP contribution is -2.25. The number of methoxy groups -OCH3 is 1. The fourth-order valence-corrected chi connectivity index (χ4v) is 1.59. The Balaban J connectivity index is 2.81. The zero-order chi connectivity index (χ0) is 14.7. The number of hydrogen-bond acceptors (Lipinski definition) is 3. The van der Waals surface area contributed by atoms with E-state index in [-0.39, 0.29) is 12.2 Å². The molecule has 108 valence electrons. The number of benzene rings is 1. The molecule has 1 unspecified atom stereocenters. The maximum absolute atomic E-state index is 12.1. The van der Waals surface area contributed by atoms with Gasteiger partial charge in [-0.25, -0.2) is 0 Å². The third-order valence-corrected chi connectivity index (χ3v) is 2.71. The maximum atomic E-state index is 12.1. The van der Waals surface area contributed by atoms with E-state index in [2.05, 4.69) is 4.74 Å². The van der Waals surface area contributed by atoms with E-state index in [1.165, 1.54) is 25.3 Å². The first kappa shape index (κ1) is 15.8. The van der Waals surface area contributed by atoms with Gasteiger partial charge in [-0.05, 0) is 31.5 Å². The lowest BCUT2D eigenvalue weighted by atomic mass is 9.96. The molecule has 1 atom stereocenters. The van der Waals surface area contributed by atoms with Crippen molar-refractivity contribution in [3.63, 3.8) is 0 Å². The molecular formula is C13H17F3O3. The van der Waals surface area contributed by atoms with E-state index < -0.39 is 18.1 Å². The van der Waals surface area contributed by atoms with Crippen LogP contribution in [0.15, 0.2) is 24.3 Å². The summed E-state index contributed by atoms with van der Waals surface area (Å²) in [7, 11) is 1.51. The van der Waals surface area contributed by atoms with Gasteiger partial charge in [-0.3, -0.25) is 0 Å². The van der Waals surface area contributed by atoms with Crippen molar-refractivity contribution in [2.45, 2.75) is 38.3 Å². The second-order valence-corrected chi connectivity index (χ2v) is 4.80. The van der Waals surface area contributed by atoms with Crippen LogP contribution < -0.4 is 4.74 Å². The van der Waals surface area contributed by atoms with Crippen LogP contribution in [0.5, 0.6) is 5.75 Å². The van der Waals surface area contributed by atoms with Crippen molar-refractivity contribution in [2.75, 3.05) is 7.11 Å². The van der Waals surface area contributed by atoms with Crippen molar-refractivity contribution in [1.82, 2.24) is 0 Å². The van der Waals surface area contributed by atoms with Gasteiger partial charge >= 0.3 is 6.36 Å². The zero-order valence-corrected chi connectivity index (χ0v) is 11.0. The Morgan fingerprint density at radius 2 is 1.89 bits per heavy atom. The SMILES string of the molecule is COC(C)(C)CC(O)c1cccc(OC(F)(F)F)c1. The van der Waals surface area contributed by atoms with Gasteiger partial charge in [-0.1, -0.05) is 12.1 Å². The van der Waals surface area contributed by atoms with Gasteiger partial charge in [0, 0.05) is 13.5 Å². The van der Waals surface area contributed by atoms with Gasteiger partial charge in [0.15, 0.2) is 0 Å². The molecule has 0 aliphatic heterocycles. The molecule has 0 saturated heterocycles. The maximum Gasteiger partial charge on any atom is 0.573 e. The topological polar surface area (TPSA) is 38.7 Å². The molecule has 0 saturated carbocycles. The first-order chi connectivity index (χ1) is 8.63. The number of ether oxygens (including phenoxy) is 2. The smallest absolute Gasteiger partial charge is 0.406 e. The number of alkyl halides is 3. The lowest BCUT2D eigenvalue weighted by molar-refractivity contribution is -0.274. The fourth-order valence-electron chi connectivity index (χ4n) is 1.59. The Bertz CT molecular complexity index is 416. The summed E-state index contributed by atoms with van der Waals surface area (Å²) < 4.78 is 45.3. The number of aliphatic hydroxyl groups is 1. The molecule has 0 amide bonds. The van der Waals surface area contributed by atoms with E-state index in [4.69, 9.17) is 4.74 Å². The van der Waals surface area contributed by atoms with Crippen LogP contribution in [0.4, 0.5) is 13.2 Å². The first-order valence-corrected chi connectivity index (χ1v) is 5.72. The van der Waals surface area contributed by atoms with Gasteiger partial charge in [0.05, 0.1) is 11.7 Å². The van der Waals surface area contributed by atoms with Gasteiger partial charge in [-0.15, -0.1) is 13.2 Å². The number of rotatable bonds is 5. The minimum absolute atomic E-state index is 0.263. The molecule has 0 aliphatic carbocycles. The third-order valence-electron chi connectivity index (χ3n) is 2.71. The average molecular weight is 278 g/mol. The van der Waals surface area contributed by atoms with Crippen LogP contribution in [0.1, 0.15) is 31.9 Å². The summed E-state index contributed by atoms with van der Waals surface area (Å²) in [4.78, 5) is 0. The zero-order valence-electron chi connectivity index (χ0n) is 11.0. The van der Waals surface area contributed by atoms with E-state index >= 15 is 0 Å². The van der Waals surface area contributed by atoms with Crippen LogP contribution in [-0.2, 0) is 4.74 Å². The van der Waals surface area contributed by atoms with Gasteiger partial charge in [0.25, 0.3) is 0 Å². The minimum atomic E-state index is -4.74. The van der Waals surface area contributed by atoms with Crippen molar-refractivity contribution >= 4 is 0 Å². The standard InChI is InChI=1S/C13H17F3O3/c1-12(2,18-3)8-11(17)9-5-4-6-10(7-9)19-13(14,15)16/h4-7,11,17H,8H2,1-3H3. The average Bonchev–Trinajstić information content (AvgIpc) is 2.26. The summed E-state index contributed by atoms with van der Waals surface area (Å²) in [5.74, 6) is -0.348. The predicted molar refractivity (Wildman–Crippen MR) is 63.8 cm³/mol. The second kappa shape index (κ2) is 5.79. The van der Waals surface area contributed by atoms with E-state index in [9.17, 15) is 18.3 Å². The Kier molecular flexibility index (Phi) is 4.81. The van der Waals surface area contributed by atoms with Crippen molar-refractivity contribution in [3.05, 3.63) is 29.8 Å². The molecule has 0 aliphatic rings. The third kappa shape index (κ3) is 5.48. The summed E-state index contributed by atoms with van der Waals surface area (Å²) in [6, 6.07) is 5.30. The first-order valence-electron chi connectivity index (χ1n) is 5.72. The van der Waals surface area contributed by atoms with Gasteiger partial charge in [-0.2, -0.15) is 0 Å². The molecule has 19 heavy (non-hydrogen) atoms. The van der Waals surface area contributed by atoms with Crippen molar-refractivity contribution in [2.24, 2.45) is 0 Å². The van der Waals surface area contributed by atoms with E-state index in [1.54, 1.807) is 19.9 Å². The van der Waals surface area contributed by atoms with Crippen LogP contribution in [0.2, 0.25) is 0 Å². The highest BCUT2D eigenvalue weighted by molar-refractivity contribution is 5.30. The summed E-state index contributed by atoms with van der Waals surface area (Å²) in [6.07, 6.45) is -5.40. The van der Waals surface area contributed by atoms with Crippen LogP contribution in [-0.4, -0.2) is 24.2 Å². The molecule has 3 nitrogen and oxygen atoms in total. The summed E-state index contributed by atoms with van der Waals surface area (Å²) >= 11 is 0. The minimum Gasteiger partial charge on any atom is -0.406 e. The Morgan fingerprint density at radius 3 is 2.42 bits per heavy atom. The Morgan fingerprint density at radius 1 is 1.26 bits per heavy atom. The fraction of sp³-hybridized carbons (Fsp3) is 0.538. The van der Waals surface area contributed by atoms with Crippen LogP contribution in [0.3, 0.4) is 0 Å². The van der Waals surface area contributed by atoms with Crippen LogP contribution in [0.25, 0.3) is 0 Å². The van der Waals surface area contributed by atoms with Crippen LogP contribution >= 0.6 is 0 Å². The highest BCUT2D eigenvalue weighted by Crippen LogP contribution is 2.29. The molecule has 0 heterocycles. The van der Waals surface area contributed by atoms with E-state index in [0.717, 1.165) is 0 Å². The molecule has 1 aromatic carbocycles. The monoisotopic (exact) mass is 278 g/mol. The molecule has 6 heteroatoms. The number of aliphatic hydroxyl groups excluding tert-OH is 1. The molecular weight excluding hydrogens is 261 g/mol. The normalized spacial score (nSPS) is 14.3.